The highest BCUT2D eigenvalue weighted by atomic mass is 35.5. The lowest BCUT2D eigenvalue weighted by molar-refractivity contribution is -0.158. The average Bonchev–Trinajstić information content (AvgIpc) is 2.67. The summed E-state index contributed by atoms with van der Waals surface area (Å²) in [6.45, 7) is 10.3. The van der Waals surface area contributed by atoms with E-state index >= 15 is 0 Å². The summed E-state index contributed by atoms with van der Waals surface area (Å²) in [5.41, 5.74) is -1.23. The number of carbonyl (C=O) groups is 2. The van der Waals surface area contributed by atoms with Crippen LogP contribution in [0.2, 0.25) is 5.02 Å². The normalized spacial score (nSPS) is 12.0. The molecule has 3 rings (SSSR count). The third kappa shape index (κ3) is 6.51. The van der Waals surface area contributed by atoms with Crippen molar-refractivity contribution < 1.29 is 28.5 Å². The molecule has 0 aliphatic heterocycles. The predicted molar refractivity (Wildman–Crippen MR) is 129 cm³/mol. The van der Waals surface area contributed by atoms with Crippen molar-refractivity contribution >= 4 is 45.1 Å². The lowest BCUT2D eigenvalue weighted by atomic mass is 10.0. The van der Waals surface area contributed by atoms with E-state index < -0.39 is 23.1 Å². The van der Waals surface area contributed by atoms with Crippen molar-refractivity contribution in [1.29, 1.82) is 0 Å². The molecule has 0 N–H and O–H groups in total. The van der Waals surface area contributed by atoms with Crippen LogP contribution >= 0.6 is 11.6 Å². The van der Waals surface area contributed by atoms with Crippen LogP contribution in [0, 0.1) is 0 Å². The standard InChI is InChI=1S/C26H29ClO6/c1-25(2,3)32-21(28)14-30-23-17-9-7-8-10-18(17)24(20-13-16(27)11-12-19(20)23)31-15-22(29)33-26(4,5)6/h7-13H,14-15H2,1-6H3. The first kappa shape index (κ1) is 24.6. The van der Waals surface area contributed by atoms with Gasteiger partial charge in [-0.3, -0.25) is 0 Å². The summed E-state index contributed by atoms with van der Waals surface area (Å²) >= 11 is 6.28. The molecule has 0 radical (unpaired) electrons. The lowest BCUT2D eigenvalue weighted by Crippen LogP contribution is -2.27. The van der Waals surface area contributed by atoms with Crippen LogP contribution in [0.3, 0.4) is 0 Å². The fourth-order valence-corrected chi connectivity index (χ4v) is 3.56. The van der Waals surface area contributed by atoms with E-state index in [1.807, 2.05) is 24.3 Å². The maximum Gasteiger partial charge on any atom is 0.344 e. The van der Waals surface area contributed by atoms with Gasteiger partial charge in [0.05, 0.1) is 0 Å². The minimum atomic E-state index is -0.618. The summed E-state index contributed by atoms with van der Waals surface area (Å²) in [4.78, 5) is 24.6. The molecule has 0 saturated heterocycles. The average molecular weight is 473 g/mol. The third-order valence-electron chi connectivity index (χ3n) is 4.40. The third-order valence-corrected chi connectivity index (χ3v) is 4.63. The van der Waals surface area contributed by atoms with E-state index in [4.69, 9.17) is 30.5 Å². The number of hydrogen-bond donors (Lipinski definition) is 0. The van der Waals surface area contributed by atoms with Crippen molar-refractivity contribution in [3.63, 3.8) is 0 Å². The van der Waals surface area contributed by atoms with Crippen LogP contribution in [0.15, 0.2) is 42.5 Å². The van der Waals surface area contributed by atoms with Gasteiger partial charge in [-0.25, -0.2) is 9.59 Å². The Morgan fingerprint density at radius 3 is 1.58 bits per heavy atom. The molecule has 6 nitrogen and oxygen atoms in total. The molecular formula is C26H29ClO6. The van der Waals surface area contributed by atoms with Crippen LogP contribution in [0.1, 0.15) is 41.5 Å². The topological polar surface area (TPSA) is 71.1 Å². The van der Waals surface area contributed by atoms with Gasteiger partial charge in [-0.2, -0.15) is 0 Å². The van der Waals surface area contributed by atoms with E-state index in [1.165, 1.54) is 0 Å². The van der Waals surface area contributed by atoms with Gasteiger partial charge < -0.3 is 18.9 Å². The largest absolute Gasteiger partial charge is 0.481 e. The SMILES string of the molecule is CC(C)(C)OC(=O)COc1c2ccccc2c(OCC(=O)OC(C)(C)C)c2cc(Cl)ccc12. The van der Waals surface area contributed by atoms with Crippen LogP contribution in [0.5, 0.6) is 11.5 Å². The summed E-state index contributed by atoms with van der Waals surface area (Å²) in [5, 5.41) is 3.30. The van der Waals surface area contributed by atoms with Crippen molar-refractivity contribution in [2.75, 3.05) is 13.2 Å². The molecule has 7 heteroatoms. The van der Waals surface area contributed by atoms with Gasteiger partial charge in [-0.15, -0.1) is 0 Å². The van der Waals surface area contributed by atoms with Crippen molar-refractivity contribution in [2.45, 2.75) is 52.7 Å². The number of benzene rings is 3. The molecule has 3 aromatic carbocycles. The maximum absolute atomic E-state index is 12.3. The van der Waals surface area contributed by atoms with Crippen LogP contribution in [0.4, 0.5) is 0 Å². The molecule has 0 aromatic heterocycles. The summed E-state index contributed by atoms with van der Waals surface area (Å²) < 4.78 is 22.7. The van der Waals surface area contributed by atoms with E-state index in [2.05, 4.69) is 0 Å². The molecule has 0 unspecified atom stereocenters. The maximum atomic E-state index is 12.3. The molecule has 176 valence electrons. The monoisotopic (exact) mass is 472 g/mol. The number of ether oxygens (including phenoxy) is 4. The number of esters is 2. The van der Waals surface area contributed by atoms with E-state index in [9.17, 15) is 9.59 Å². The molecule has 0 saturated carbocycles. The molecule has 0 spiro atoms. The summed E-state index contributed by atoms with van der Waals surface area (Å²) in [7, 11) is 0. The Morgan fingerprint density at radius 1 is 0.697 bits per heavy atom. The quantitative estimate of drug-likeness (QED) is 0.319. The van der Waals surface area contributed by atoms with Gasteiger partial charge in [0.15, 0.2) is 13.2 Å². The molecule has 0 atom stereocenters. The number of rotatable bonds is 6. The van der Waals surface area contributed by atoms with Crippen molar-refractivity contribution in [3.8, 4) is 11.5 Å². The van der Waals surface area contributed by atoms with Gasteiger partial charge >= 0.3 is 11.9 Å². The second-order valence-electron chi connectivity index (χ2n) is 9.64. The minimum absolute atomic E-state index is 0.253. The highest BCUT2D eigenvalue weighted by Crippen LogP contribution is 2.43. The van der Waals surface area contributed by atoms with Crippen LogP contribution in [-0.4, -0.2) is 36.4 Å². The van der Waals surface area contributed by atoms with E-state index in [-0.39, 0.29) is 13.2 Å². The Bertz CT molecular complexity index is 1190. The molecule has 0 fully saturated rings. The summed E-state index contributed by atoms with van der Waals surface area (Å²) in [5.74, 6) is 0.0391. The Balaban J connectivity index is 2.04. The molecule has 0 aliphatic carbocycles. The van der Waals surface area contributed by atoms with E-state index in [0.717, 1.165) is 10.8 Å². The van der Waals surface area contributed by atoms with Crippen LogP contribution in [0.25, 0.3) is 21.5 Å². The molecule has 33 heavy (non-hydrogen) atoms. The van der Waals surface area contributed by atoms with Crippen molar-refractivity contribution in [1.82, 2.24) is 0 Å². The Hall–Kier alpha value is -2.99. The number of fused-ring (bicyclic) bond motifs is 2. The van der Waals surface area contributed by atoms with Gasteiger partial charge in [0.2, 0.25) is 0 Å². The first-order valence-electron chi connectivity index (χ1n) is 10.7. The number of carbonyl (C=O) groups excluding carboxylic acids is 2. The summed E-state index contributed by atoms with van der Waals surface area (Å²) in [6.07, 6.45) is 0. The van der Waals surface area contributed by atoms with Crippen molar-refractivity contribution in [2.24, 2.45) is 0 Å². The second-order valence-corrected chi connectivity index (χ2v) is 10.1. The molecule has 0 bridgehead atoms. The highest BCUT2D eigenvalue weighted by molar-refractivity contribution is 6.31. The van der Waals surface area contributed by atoms with Gasteiger partial charge in [0.1, 0.15) is 22.7 Å². The van der Waals surface area contributed by atoms with Gasteiger partial charge in [-0.05, 0) is 59.7 Å². The second kappa shape index (κ2) is 9.48. The molecule has 0 aliphatic rings. The molecular weight excluding hydrogens is 444 g/mol. The van der Waals surface area contributed by atoms with E-state index in [0.29, 0.717) is 27.3 Å². The Labute approximate surface area is 198 Å². The summed E-state index contributed by atoms with van der Waals surface area (Å²) in [6, 6.07) is 12.7. The van der Waals surface area contributed by atoms with E-state index in [1.54, 1.807) is 59.7 Å². The molecule has 3 aromatic rings. The minimum Gasteiger partial charge on any atom is -0.481 e. The highest BCUT2D eigenvalue weighted by Gasteiger charge is 2.22. The van der Waals surface area contributed by atoms with Crippen molar-refractivity contribution in [3.05, 3.63) is 47.5 Å². The van der Waals surface area contributed by atoms with Gasteiger partial charge in [0.25, 0.3) is 0 Å². The Morgan fingerprint density at radius 2 is 1.12 bits per heavy atom. The first-order valence-corrected chi connectivity index (χ1v) is 11.0. The van der Waals surface area contributed by atoms with Gasteiger partial charge in [0, 0.05) is 26.6 Å². The molecule has 0 heterocycles. The first-order chi connectivity index (χ1) is 15.3. The van der Waals surface area contributed by atoms with Crippen LogP contribution in [-0.2, 0) is 19.1 Å². The zero-order chi connectivity index (χ0) is 24.4. The number of halogens is 1. The lowest BCUT2D eigenvalue weighted by Gasteiger charge is -2.22. The van der Waals surface area contributed by atoms with Crippen LogP contribution < -0.4 is 9.47 Å². The Kier molecular flexibility index (Phi) is 7.08. The molecule has 0 amide bonds. The fourth-order valence-electron chi connectivity index (χ4n) is 3.39. The smallest absolute Gasteiger partial charge is 0.344 e. The fraction of sp³-hybridized carbons (Fsp3) is 0.385. The zero-order valence-electron chi connectivity index (χ0n) is 19.8. The predicted octanol–water partition coefficient (Wildman–Crippen LogP) is 6.09. The van der Waals surface area contributed by atoms with Gasteiger partial charge in [-0.1, -0.05) is 35.9 Å². The zero-order valence-corrected chi connectivity index (χ0v) is 20.5. The number of hydrogen-bond acceptors (Lipinski definition) is 6.